The number of benzene rings is 2. The van der Waals surface area contributed by atoms with E-state index < -0.39 is 6.09 Å². The summed E-state index contributed by atoms with van der Waals surface area (Å²) in [7, 11) is 1.30. The van der Waals surface area contributed by atoms with Crippen molar-refractivity contribution in [2.24, 2.45) is 5.10 Å². The SMILES string of the molecule is COC(=O)N/N=C\c1c(C)n(Cc2ccccc2Cl)c2ccccc12. The van der Waals surface area contributed by atoms with Crippen LogP contribution in [0.25, 0.3) is 10.9 Å². The first kappa shape index (κ1) is 17.0. The van der Waals surface area contributed by atoms with Crippen molar-refractivity contribution in [3.05, 3.63) is 70.4 Å². The Bertz CT molecular complexity index is 947. The predicted octanol–water partition coefficient (Wildman–Crippen LogP) is 4.34. The fourth-order valence-electron chi connectivity index (χ4n) is 2.82. The first-order valence-electron chi connectivity index (χ1n) is 7.80. The molecule has 1 aromatic heterocycles. The number of hydrogen-bond donors (Lipinski definition) is 1. The summed E-state index contributed by atoms with van der Waals surface area (Å²) >= 11 is 6.32. The summed E-state index contributed by atoms with van der Waals surface area (Å²) in [6.45, 7) is 2.68. The van der Waals surface area contributed by atoms with Gasteiger partial charge in [-0.05, 0) is 24.6 Å². The van der Waals surface area contributed by atoms with Gasteiger partial charge in [0.2, 0.25) is 0 Å². The number of carbonyl (C=O) groups excluding carboxylic acids is 1. The molecule has 0 fully saturated rings. The average Bonchev–Trinajstić information content (AvgIpc) is 2.89. The van der Waals surface area contributed by atoms with Gasteiger partial charge in [-0.1, -0.05) is 48.0 Å². The van der Waals surface area contributed by atoms with Crippen LogP contribution < -0.4 is 5.43 Å². The van der Waals surface area contributed by atoms with Gasteiger partial charge in [0.25, 0.3) is 0 Å². The number of hydrazone groups is 1. The zero-order valence-electron chi connectivity index (χ0n) is 14.0. The molecular formula is C19H18ClN3O2. The van der Waals surface area contributed by atoms with Gasteiger partial charge in [-0.2, -0.15) is 5.10 Å². The van der Waals surface area contributed by atoms with Gasteiger partial charge in [-0.25, -0.2) is 10.2 Å². The highest BCUT2D eigenvalue weighted by Crippen LogP contribution is 2.27. The molecule has 0 atom stereocenters. The van der Waals surface area contributed by atoms with Crippen molar-refractivity contribution in [1.82, 2.24) is 9.99 Å². The summed E-state index contributed by atoms with van der Waals surface area (Å²) < 4.78 is 6.71. The Morgan fingerprint density at radius 1 is 1.24 bits per heavy atom. The maximum absolute atomic E-state index is 11.2. The molecule has 0 saturated carbocycles. The highest BCUT2D eigenvalue weighted by Gasteiger charge is 2.13. The van der Waals surface area contributed by atoms with Gasteiger partial charge >= 0.3 is 6.09 Å². The minimum atomic E-state index is -0.603. The minimum absolute atomic E-state index is 0.603. The highest BCUT2D eigenvalue weighted by molar-refractivity contribution is 6.31. The lowest BCUT2D eigenvalue weighted by molar-refractivity contribution is 0.171. The van der Waals surface area contributed by atoms with E-state index in [1.807, 2.05) is 49.4 Å². The van der Waals surface area contributed by atoms with E-state index in [2.05, 4.69) is 25.9 Å². The number of ether oxygens (including phenoxy) is 1. The third-order valence-electron chi connectivity index (χ3n) is 4.10. The van der Waals surface area contributed by atoms with Crippen molar-refractivity contribution >= 4 is 34.8 Å². The van der Waals surface area contributed by atoms with Gasteiger partial charge in [0.1, 0.15) is 0 Å². The third kappa shape index (κ3) is 3.51. The van der Waals surface area contributed by atoms with E-state index in [1.54, 1.807) is 6.21 Å². The van der Waals surface area contributed by atoms with Crippen LogP contribution in [0.15, 0.2) is 53.6 Å². The molecule has 25 heavy (non-hydrogen) atoms. The second kappa shape index (κ2) is 7.40. The van der Waals surface area contributed by atoms with Crippen molar-refractivity contribution < 1.29 is 9.53 Å². The van der Waals surface area contributed by atoms with E-state index in [4.69, 9.17) is 11.6 Å². The Labute approximate surface area is 150 Å². The maximum Gasteiger partial charge on any atom is 0.427 e. The van der Waals surface area contributed by atoms with Crippen molar-refractivity contribution in [3.63, 3.8) is 0 Å². The number of halogens is 1. The van der Waals surface area contributed by atoms with Crippen LogP contribution in [0.2, 0.25) is 5.02 Å². The smallest absolute Gasteiger partial charge is 0.427 e. The lowest BCUT2D eigenvalue weighted by Gasteiger charge is -2.10. The third-order valence-corrected chi connectivity index (χ3v) is 4.47. The molecule has 128 valence electrons. The molecule has 0 aliphatic rings. The number of fused-ring (bicyclic) bond motifs is 1. The number of amides is 1. The van der Waals surface area contributed by atoms with Gasteiger partial charge < -0.3 is 9.30 Å². The number of hydrogen-bond acceptors (Lipinski definition) is 3. The van der Waals surface area contributed by atoms with Crippen LogP contribution >= 0.6 is 11.6 Å². The van der Waals surface area contributed by atoms with Crippen LogP contribution in [0.4, 0.5) is 4.79 Å². The van der Waals surface area contributed by atoms with Crippen molar-refractivity contribution in [1.29, 1.82) is 0 Å². The lowest BCUT2D eigenvalue weighted by Crippen LogP contribution is -2.16. The molecule has 0 saturated heterocycles. The zero-order chi connectivity index (χ0) is 17.8. The fourth-order valence-corrected chi connectivity index (χ4v) is 3.01. The molecule has 0 aliphatic heterocycles. The Hall–Kier alpha value is -2.79. The van der Waals surface area contributed by atoms with Gasteiger partial charge in [-0.15, -0.1) is 0 Å². The molecule has 3 rings (SSSR count). The molecular weight excluding hydrogens is 338 g/mol. The van der Waals surface area contributed by atoms with Gasteiger partial charge in [0, 0.05) is 33.7 Å². The predicted molar refractivity (Wildman–Crippen MR) is 100 cm³/mol. The number of carbonyl (C=O) groups is 1. The van der Waals surface area contributed by atoms with Crippen molar-refractivity contribution in [2.75, 3.05) is 7.11 Å². The number of methoxy groups -OCH3 is 1. The number of aromatic nitrogens is 1. The largest absolute Gasteiger partial charge is 0.452 e. The molecule has 1 amide bonds. The topological polar surface area (TPSA) is 55.6 Å². The molecule has 2 aromatic carbocycles. The molecule has 0 aliphatic carbocycles. The standard InChI is InChI=1S/C19H18ClN3O2/c1-13-16(11-21-22-19(24)25-2)15-8-4-6-10-18(15)23(13)12-14-7-3-5-9-17(14)20/h3-11H,12H2,1-2H3,(H,22,24)/b21-11-. The normalized spacial score (nSPS) is 11.2. The van der Waals surface area contributed by atoms with Crippen LogP contribution in [0.3, 0.4) is 0 Å². The molecule has 5 nitrogen and oxygen atoms in total. The molecule has 1 N–H and O–H groups in total. The number of nitrogens with one attached hydrogen (secondary N) is 1. The average molecular weight is 356 g/mol. The van der Waals surface area contributed by atoms with E-state index in [1.165, 1.54) is 7.11 Å². The number of rotatable bonds is 4. The summed E-state index contributed by atoms with van der Waals surface area (Å²) in [5.74, 6) is 0. The number of nitrogens with zero attached hydrogens (tertiary/aromatic N) is 2. The molecule has 0 spiro atoms. The highest BCUT2D eigenvalue weighted by atomic mass is 35.5. The van der Waals surface area contributed by atoms with Gasteiger partial charge in [0.15, 0.2) is 0 Å². The van der Waals surface area contributed by atoms with Gasteiger partial charge in [-0.3, -0.25) is 0 Å². The number of para-hydroxylation sites is 1. The maximum atomic E-state index is 11.2. The second-order valence-electron chi connectivity index (χ2n) is 5.56. The summed E-state index contributed by atoms with van der Waals surface area (Å²) in [6, 6.07) is 15.9. The molecule has 0 radical (unpaired) electrons. The monoisotopic (exact) mass is 355 g/mol. The van der Waals surface area contributed by atoms with Crippen LogP contribution in [0, 0.1) is 6.92 Å². The summed E-state index contributed by atoms with van der Waals surface area (Å²) in [4.78, 5) is 11.2. The lowest BCUT2D eigenvalue weighted by atomic mass is 10.1. The second-order valence-corrected chi connectivity index (χ2v) is 5.96. The Morgan fingerprint density at radius 2 is 1.96 bits per heavy atom. The van der Waals surface area contributed by atoms with E-state index in [0.717, 1.165) is 32.7 Å². The molecule has 0 bridgehead atoms. The first-order chi connectivity index (χ1) is 12.1. The van der Waals surface area contributed by atoms with Crippen molar-refractivity contribution in [2.45, 2.75) is 13.5 Å². The minimum Gasteiger partial charge on any atom is -0.452 e. The quantitative estimate of drug-likeness (QED) is 0.559. The van der Waals surface area contributed by atoms with Gasteiger partial charge in [0.05, 0.1) is 13.3 Å². The summed E-state index contributed by atoms with van der Waals surface area (Å²) in [5, 5.41) is 5.77. The fraction of sp³-hybridized carbons (Fsp3) is 0.158. The van der Waals surface area contributed by atoms with Crippen LogP contribution in [0.1, 0.15) is 16.8 Å². The molecule has 1 heterocycles. The van der Waals surface area contributed by atoms with Crippen LogP contribution in [-0.2, 0) is 11.3 Å². The Morgan fingerprint density at radius 3 is 2.72 bits per heavy atom. The van der Waals surface area contributed by atoms with E-state index in [9.17, 15) is 4.79 Å². The Kier molecular flexibility index (Phi) is 5.05. The van der Waals surface area contributed by atoms with Crippen molar-refractivity contribution in [3.8, 4) is 0 Å². The molecule has 0 unspecified atom stereocenters. The van der Waals surface area contributed by atoms with E-state index in [0.29, 0.717) is 6.54 Å². The van der Waals surface area contributed by atoms with Crippen LogP contribution in [0.5, 0.6) is 0 Å². The summed E-state index contributed by atoms with van der Waals surface area (Å²) in [5.41, 5.74) is 6.43. The molecule has 3 aromatic rings. The van der Waals surface area contributed by atoms with Crippen LogP contribution in [-0.4, -0.2) is 24.0 Å². The molecule has 6 heteroatoms. The van der Waals surface area contributed by atoms with E-state index >= 15 is 0 Å². The summed E-state index contributed by atoms with van der Waals surface area (Å²) in [6.07, 6.45) is 1.03. The van der Waals surface area contributed by atoms with E-state index in [-0.39, 0.29) is 0 Å². The Balaban J connectivity index is 2.03. The zero-order valence-corrected chi connectivity index (χ0v) is 14.7. The first-order valence-corrected chi connectivity index (χ1v) is 8.18.